The van der Waals surface area contributed by atoms with Crippen molar-refractivity contribution in [3.8, 4) is 0 Å². The highest BCUT2D eigenvalue weighted by molar-refractivity contribution is 5.73. The molecule has 1 aromatic carbocycles. The van der Waals surface area contributed by atoms with Crippen LogP contribution in [-0.4, -0.2) is 10.1 Å². The number of hydrogen-bond acceptors (Lipinski definition) is 3. The van der Waals surface area contributed by atoms with Crippen molar-refractivity contribution < 1.29 is 13.9 Å². The summed E-state index contributed by atoms with van der Waals surface area (Å²) >= 11 is 0. The predicted octanol–water partition coefficient (Wildman–Crippen LogP) is 1.77. The summed E-state index contributed by atoms with van der Waals surface area (Å²) in [5.74, 6) is 0.0237. The van der Waals surface area contributed by atoms with Crippen molar-refractivity contribution in [2.24, 2.45) is 0 Å². The van der Waals surface area contributed by atoms with Gasteiger partial charge in [-0.05, 0) is 6.07 Å². The highest BCUT2D eigenvalue weighted by Crippen LogP contribution is 2.19. The number of aliphatic hydroxyl groups excluding tert-OH is 1. The van der Waals surface area contributed by atoms with E-state index in [1.165, 1.54) is 12.1 Å². The Morgan fingerprint density at radius 2 is 2.31 bits per heavy atom. The van der Waals surface area contributed by atoms with Crippen LogP contribution in [0.5, 0.6) is 0 Å². The van der Waals surface area contributed by atoms with Crippen molar-refractivity contribution in [3.05, 3.63) is 29.4 Å². The first-order chi connectivity index (χ1) is 6.20. The van der Waals surface area contributed by atoms with Gasteiger partial charge in [-0.3, -0.25) is 0 Å². The molecule has 0 saturated carbocycles. The molecule has 0 amide bonds. The first-order valence-corrected chi connectivity index (χ1v) is 3.87. The Morgan fingerprint density at radius 3 is 3.00 bits per heavy atom. The van der Waals surface area contributed by atoms with Gasteiger partial charge in [0.25, 0.3) is 0 Å². The minimum atomic E-state index is -0.467. The Hall–Kier alpha value is -1.42. The number of aryl methyl sites for hydroxylation is 1. The van der Waals surface area contributed by atoms with Crippen LogP contribution in [0.4, 0.5) is 4.39 Å². The van der Waals surface area contributed by atoms with Gasteiger partial charge < -0.3 is 9.52 Å². The number of aliphatic hydroxyl groups is 1. The third kappa shape index (κ3) is 1.29. The van der Waals surface area contributed by atoms with Crippen molar-refractivity contribution in [1.29, 1.82) is 0 Å². The Kier molecular flexibility index (Phi) is 1.77. The molecule has 0 spiro atoms. The van der Waals surface area contributed by atoms with E-state index in [0.717, 1.165) is 0 Å². The largest absolute Gasteiger partial charge is 0.441 e. The maximum absolute atomic E-state index is 13.1. The summed E-state index contributed by atoms with van der Waals surface area (Å²) in [5, 5.41) is 8.79. The van der Waals surface area contributed by atoms with E-state index in [9.17, 15) is 4.39 Å². The van der Waals surface area contributed by atoms with Crippen molar-refractivity contribution in [1.82, 2.24) is 4.98 Å². The van der Waals surface area contributed by atoms with Gasteiger partial charge in [-0.2, -0.15) is 0 Å². The van der Waals surface area contributed by atoms with Crippen LogP contribution < -0.4 is 0 Å². The van der Waals surface area contributed by atoms with E-state index >= 15 is 0 Å². The minimum Gasteiger partial charge on any atom is -0.441 e. The standard InChI is InChI=1S/C9H8FNO2/c1-5-11-8-2-6(4-12)7(10)3-9(8)13-5/h2-3,12H,4H2,1H3. The first-order valence-electron chi connectivity index (χ1n) is 3.87. The Bertz CT molecular complexity index is 450. The van der Waals surface area contributed by atoms with E-state index in [0.29, 0.717) is 17.0 Å². The lowest BCUT2D eigenvalue weighted by Gasteiger charge is -1.96. The molecular formula is C9H8FNO2. The van der Waals surface area contributed by atoms with E-state index in [4.69, 9.17) is 9.52 Å². The number of rotatable bonds is 1. The molecule has 0 aliphatic rings. The molecule has 1 heterocycles. The second-order valence-corrected chi connectivity index (χ2v) is 2.80. The molecule has 1 aromatic heterocycles. The van der Waals surface area contributed by atoms with E-state index < -0.39 is 5.82 Å². The molecule has 2 rings (SSSR count). The lowest BCUT2D eigenvalue weighted by molar-refractivity contribution is 0.276. The zero-order chi connectivity index (χ0) is 9.42. The number of aromatic nitrogens is 1. The lowest BCUT2D eigenvalue weighted by Crippen LogP contribution is -1.88. The van der Waals surface area contributed by atoms with Gasteiger partial charge in [0.05, 0.1) is 6.61 Å². The quantitative estimate of drug-likeness (QED) is 0.729. The average Bonchev–Trinajstić information content (AvgIpc) is 2.42. The zero-order valence-electron chi connectivity index (χ0n) is 7.04. The number of nitrogens with zero attached hydrogens (tertiary/aromatic N) is 1. The van der Waals surface area contributed by atoms with Gasteiger partial charge in [-0.15, -0.1) is 0 Å². The monoisotopic (exact) mass is 181 g/mol. The van der Waals surface area contributed by atoms with Crippen LogP contribution in [0.2, 0.25) is 0 Å². The van der Waals surface area contributed by atoms with Gasteiger partial charge in [0.15, 0.2) is 11.5 Å². The SMILES string of the molecule is Cc1nc2cc(CO)c(F)cc2o1. The third-order valence-corrected chi connectivity index (χ3v) is 1.83. The highest BCUT2D eigenvalue weighted by atomic mass is 19.1. The van der Waals surface area contributed by atoms with Crippen LogP contribution in [0.1, 0.15) is 11.5 Å². The fourth-order valence-electron chi connectivity index (χ4n) is 1.23. The number of fused-ring (bicyclic) bond motifs is 1. The molecule has 3 nitrogen and oxygen atoms in total. The van der Waals surface area contributed by atoms with Gasteiger partial charge in [0.1, 0.15) is 11.3 Å². The summed E-state index contributed by atoms with van der Waals surface area (Å²) in [6.45, 7) is 1.37. The van der Waals surface area contributed by atoms with E-state index in [-0.39, 0.29) is 12.2 Å². The fourth-order valence-corrected chi connectivity index (χ4v) is 1.23. The topological polar surface area (TPSA) is 46.3 Å². The van der Waals surface area contributed by atoms with Crippen LogP contribution in [-0.2, 0) is 6.61 Å². The maximum atomic E-state index is 13.1. The molecule has 0 bridgehead atoms. The normalized spacial score (nSPS) is 11.0. The lowest BCUT2D eigenvalue weighted by atomic mass is 10.2. The van der Waals surface area contributed by atoms with Gasteiger partial charge in [-0.1, -0.05) is 0 Å². The van der Waals surface area contributed by atoms with Crippen molar-refractivity contribution in [2.45, 2.75) is 13.5 Å². The molecule has 68 valence electrons. The maximum Gasteiger partial charge on any atom is 0.192 e. The Balaban J connectivity index is 2.72. The molecule has 0 aliphatic heterocycles. The third-order valence-electron chi connectivity index (χ3n) is 1.83. The Labute approximate surface area is 73.8 Å². The molecule has 1 N–H and O–H groups in total. The van der Waals surface area contributed by atoms with Crippen LogP contribution in [0, 0.1) is 12.7 Å². The average molecular weight is 181 g/mol. The summed E-state index contributed by atoms with van der Waals surface area (Å²) in [6, 6.07) is 2.72. The zero-order valence-corrected chi connectivity index (χ0v) is 7.04. The van der Waals surface area contributed by atoms with Crippen LogP contribution in [0.15, 0.2) is 16.5 Å². The molecule has 0 radical (unpaired) electrons. The number of oxazole rings is 1. The molecule has 0 aliphatic carbocycles. The summed E-state index contributed by atoms with van der Waals surface area (Å²) in [6.07, 6.45) is 0. The van der Waals surface area contributed by atoms with Crippen molar-refractivity contribution in [2.75, 3.05) is 0 Å². The molecule has 13 heavy (non-hydrogen) atoms. The van der Waals surface area contributed by atoms with Gasteiger partial charge >= 0.3 is 0 Å². The van der Waals surface area contributed by atoms with Gasteiger partial charge in [-0.25, -0.2) is 9.37 Å². The molecule has 0 fully saturated rings. The van der Waals surface area contributed by atoms with E-state index in [1.807, 2.05) is 0 Å². The van der Waals surface area contributed by atoms with E-state index in [2.05, 4.69) is 4.98 Å². The molecule has 0 atom stereocenters. The van der Waals surface area contributed by atoms with Crippen molar-refractivity contribution >= 4 is 11.1 Å². The van der Waals surface area contributed by atoms with Crippen molar-refractivity contribution in [3.63, 3.8) is 0 Å². The molecule has 0 unspecified atom stereocenters. The second kappa shape index (κ2) is 2.81. The molecule has 2 aromatic rings. The summed E-state index contributed by atoms with van der Waals surface area (Å²) in [7, 11) is 0. The molecule has 0 saturated heterocycles. The number of hydrogen-bond donors (Lipinski definition) is 1. The van der Waals surface area contributed by atoms with Gasteiger partial charge in [0.2, 0.25) is 0 Å². The summed E-state index contributed by atoms with van der Waals surface area (Å²) in [5.41, 5.74) is 1.22. The van der Waals surface area contributed by atoms with Gasteiger partial charge in [0, 0.05) is 18.6 Å². The highest BCUT2D eigenvalue weighted by Gasteiger charge is 2.07. The molecule has 4 heteroatoms. The minimum absolute atomic E-state index is 0.237. The number of benzene rings is 1. The van der Waals surface area contributed by atoms with E-state index in [1.54, 1.807) is 6.92 Å². The summed E-state index contributed by atoms with van der Waals surface area (Å²) in [4.78, 5) is 4.02. The first kappa shape index (κ1) is 8.19. The second-order valence-electron chi connectivity index (χ2n) is 2.80. The smallest absolute Gasteiger partial charge is 0.192 e. The summed E-state index contributed by atoms with van der Waals surface area (Å²) < 4.78 is 18.2. The Morgan fingerprint density at radius 1 is 1.54 bits per heavy atom. The predicted molar refractivity (Wildman–Crippen MR) is 44.6 cm³/mol. The number of halogens is 1. The van der Waals surface area contributed by atoms with Crippen LogP contribution >= 0.6 is 0 Å². The van der Waals surface area contributed by atoms with Crippen LogP contribution in [0.25, 0.3) is 11.1 Å². The van der Waals surface area contributed by atoms with Crippen LogP contribution in [0.3, 0.4) is 0 Å². The fraction of sp³-hybridized carbons (Fsp3) is 0.222. The molecular weight excluding hydrogens is 173 g/mol.